The van der Waals surface area contributed by atoms with Crippen molar-refractivity contribution in [3.63, 3.8) is 0 Å². The van der Waals surface area contributed by atoms with Crippen LogP contribution in [0.1, 0.15) is 52.9 Å². The predicted octanol–water partition coefficient (Wildman–Crippen LogP) is 2.63. The summed E-state index contributed by atoms with van der Waals surface area (Å²) in [5, 5.41) is 0. The normalized spacial score (nSPS) is 20.8. The zero-order chi connectivity index (χ0) is 11.3. The van der Waals surface area contributed by atoms with Gasteiger partial charge in [-0.3, -0.25) is 4.90 Å². The first-order chi connectivity index (χ1) is 7.22. The first kappa shape index (κ1) is 13.0. The summed E-state index contributed by atoms with van der Waals surface area (Å²) in [7, 11) is 0. The summed E-state index contributed by atoms with van der Waals surface area (Å²) in [5.41, 5.74) is 6.28. The Morgan fingerprint density at radius 2 is 1.67 bits per heavy atom. The number of nitrogens with two attached hydrogens (primary N) is 1. The van der Waals surface area contributed by atoms with E-state index in [4.69, 9.17) is 5.73 Å². The largest absolute Gasteiger partial charge is 0.329 e. The topological polar surface area (TPSA) is 29.3 Å². The van der Waals surface area contributed by atoms with Gasteiger partial charge in [0.05, 0.1) is 0 Å². The number of rotatable bonds is 5. The van der Waals surface area contributed by atoms with Crippen LogP contribution in [0.4, 0.5) is 0 Å². The van der Waals surface area contributed by atoms with Crippen molar-refractivity contribution in [1.82, 2.24) is 4.90 Å². The standard InChI is InChI=1S/C13H28N2/c1-4-12-7-9-15(10-8-12)13(5-2,6-3)11-14/h12H,4-11,14H2,1-3H3. The highest BCUT2D eigenvalue weighted by Crippen LogP contribution is 2.29. The van der Waals surface area contributed by atoms with Crippen molar-refractivity contribution in [2.24, 2.45) is 11.7 Å². The highest BCUT2D eigenvalue weighted by atomic mass is 15.2. The molecule has 0 spiro atoms. The Hall–Kier alpha value is -0.0800. The summed E-state index contributed by atoms with van der Waals surface area (Å²) < 4.78 is 0. The first-order valence-electron chi connectivity index (χ1n) is 6.67. The molecule has 0 aliphatic carbocycles. The second kappa shape index (κ2) is 5.86. The van der Waals surface area contributed by atoms with Crippen molar-refractivity contribution in [2.45, 2.75) is 58.4 Å². The highest BCUT2D eigenvalue weighted by Gasteiger charge is 2.34. The molecule has 0 amide bonds. The van der Waals surface area contributed by atoms with Gasteiger partial charge in [-0.15, -0.1) is 0 Å². The summed E-state index contributed by atoms with van der Waals surface area (Å²) in [6.07, 6.45) is 6.48. The molecule has 0 aromatic rings. The van der Waals surface area contributed by atoms with Crippen LogP contribution in [-0.2, 0) is 0 Å². The van der Waals surface area contributed by atoms with Crippen molar-refractivity contribution < 1.29 is 0 Å². The molecule has 1 rings (SSSR count). The van der Waals surface area contributed by atoms with E-state index in [1.165, 1.54) is 45.2 Å². The molecule has 0 atom stereocenters. The van der Waals surface area contributed by atoms with E-state index in [1.54, 1.807) is 0 Å². The number of hydrogen-bond donors (Lipinski definition) is 1. The third-order valence-corrected chi connectivity index (χ3v) is 4.56. The maximum Gasteiger partial charge on any atom is 0.0326 e. The molecule has 0 saturated carbocycles. The van der Waals surface area contributed by atoms with E-state index in [9.17, 15) is 0 Å². The van der Waals surface area contributed by atoms with Crippen LogP contribution in [-0.4, -0.2) is 30.1 Å². The van der Waals surface area contributed by atoms with Gasteiger partial charge in [-0.2, -0.15) is 0 Å². The molecule has 1 aliphatic rings. The van der Waals surface area contributed by atoms with Gasteiger partial charge in [0.2, 0.25) is 0 Å². The minimum absolute atomic E-state index is 0.290. The van der Waals surface area contributed by atoms with E-state index in [0.717, 1.165) is 12.5 Å². The summed E-state index contributed by atoms with van der Waals surface area (Å²) in [6.45, 7) is 10.2. The summed E-state index contributed by atoms with van der Waals surface area (Å²) in [6, 6.07) is 0. The van der Waals surface area contributed by atoms with Gasteiger partial charge in [0.1, 0.15) is 0 Å². The lowest BCUT2D eigenvalue weighted by molar-refractivity contribution is 0.0475. The summed E-state index contributed by atoms with van der Waals surface area (Å²) in [5.74, 6) is 0.963. The third kappa shape index (κ3) is 2.73. The van der Waals surface area contributed by atoms with Crippen molar-refractivity contribution in [2.75, 3.05) is 19.6 Å². The molecular formula is C13H28N2. The Morgan fingerprint density at radius 3 is 2.00 bits per heavy atom. The molecule has 0 bridgehead atoms. The van der Waals surface area contributed by atoms with Crippen LogP contribution in [0.25, 0.3) is 0 Å². The maximum absolute atomic E-state index is 5.99. The minimum Gasteiger partial charge on any atom is -0.329 e. The Kier molecular flexibility index (Phi) is 5.07. The van der Waals surface area contributed by atoms with E-state index >= 15 is 0 Å². The molecule has 2 heteroatoms. The fraction of sp³-hybridized carbons (Fsp3) is 1.00. The van der Waals surface area contributed by atoms with E-state index < -0.39 is 0 Å². The van der Waals surface area contributed by atoms with Crippen molar-refractivity contribution in [3.8, 4) is 0 Å². The fourth-order valence-electron chi connectivity index (χ4n) is 2.93. The van der Waals surface area contributed by atoms with Gasteiger partial charge < -0.3 is 5.73 Å². The lowest BCUT2D eigenvalue weighted by Gasteiger charge is -2.46. The van der Waals surface area contributed by atoms with Crippen LogP contribution in [0, 0.1) is 5.92 Å². The van der Waals surface area contributed by atoms with Crippen LogP contribution in [0.2, 0.25) is 0 Å². The molecular weight excluding hydrogens is 184 g/mol. The van der Waals surface area contributed by atoms with Gasteiger partial charge in [-0.25, -0.2) is 0 Å². The van der Waals surface area contributed by atoms with Gasteiger partial charge in [0.15, 0.2) is 0 Å². The third-order valence-electron chi connectivity index (χ3n) is 4.56. The SMILES string of the molecule is CCC1CCN(C(CC)(CC)CN)CC1. The number of piperidine rings is 1. The number of likely N-dealkylation sites (tertiary alicyclic amines) is 1. The van der Waals surface area contributed by atoms with E-state index in [-0.39, 0.29) is 0 Å². The van der Waals surface area contributed by atoms with Crippen LogP contribution in [0.3, 0.4) is 0 Å². The monoisotopic (exact) mass is 212 g/mol. The zero-order valence-corrected chi connectivity index (χ0v) is 10.8. The van der Waals surface area contributed by atoms with Crippen LogP contribution in [0.5, 0.6) is 0 Å². The molecule has 1 fully saturated rings. The van der Waals surface area contributed by atoms with Gasteiger partial charge in [-0.05, 0) is 44.7 Å². The average molecular weight is 212 g/mol. The number of hydrogen-bond acceptors (Lipinski definition) is 2. The van der Waals surface area contributed by atoms with Crippen molar-refractivity contribution in [3.05, 3.63) is 0 Å². The predicted molar refractivity (Wildman–Crippen MR) is 67.0 cm³/mol. The molecule has 0 radical (unpaired) electrons. The molecule has 0 unspecified atom stereocenters. The average Bonchev–Trinajstić information content (AvgIpc) is 2.33. The summed E-state index contributed by atoms with van der Waals surface area (Å²) >= 11 is 0. The van der Waals surface area contributed by atoms with E-state index in [0.29, 0.717) is 5.54 Å². The van der Waals surface area contributed by atoms with Gasteiger partial charge >= 0.3 is 0 Å². The molecule has 0 aromatic heterocycles. The smallest absolute Gasteiger partial charge is 0.0326 e. The molecule has 1 aliphatic heterocycles. The molecule has 15 heavy (non-hydrogen) atoms. The molecule has 90 valence electrons. The summed E-state index contributed by atoms with van der Waals surface area (Å²) in [4.78, 5) is 2.65. The minimum atomic E-state index is 0.290. The molecule has 0 aromatic carbocycles. The van der Waals surface area contributed by atoms with Crippen molar-refractivity contribution >= 4 is 0 Å². The Labute approximate surface area is 95.2 Å². The lowest BCUT2D eigenvalue weighted by atomic mass is 9.85. The molecule has 1 saturated heterocycles. The maximum atomic E-state index is 5.99. The Bertz CT molecular complexity index is 159. The molecule has 2 nitrogen and oxygen atoms in total. The van der Waals surface area contributed by atoms with Gasteiger partial charge in [0.25, 0.3) is 0 Å². The van der Waals surface area contributed by atoms with E-state index in [2.05, 4.69) is 25.7 Å². The second-order valence-electron chi connectivity index (χ2n) is 4.97. The molecule has 1 heterocycles. The van der Waals surface area contributed by atoms with Crippen LogP contribution in [0.15, 0.2) is 0 Å². The van der Waals surface area contributed by atoms with E-state index in [1.807, 2.05) is 0 Å². The zero-order valence-electron chi connectivity index (χ0n) is 10.8. The first-order valence-corrected chi connectivity index (χ1v) is 6.67. The van der Waals surface area contributed by atoms with Crippen LogP contribution < -0.4 is 5.73 Å². The second-order valence-corrected chi connectivity index (χ2v) is 4.97. The van der Waals surface area contributed by atoms with Crippen molar-refractivity contribution in [1.29, 1.82) is 0 Å². The van der Waals surface area contributed by atoms with Crippen LogP contribution >= 0.6 is 0 Å². The molecule has 2 N–H and O–H groups in total. The lowest BCUT2D eigenvalue weighted by Crippen LogP contribution is -2.55. The number of nitrogens with zero attached hydrogens (tertiary/aromatic N) is 1. The Balaban J connectivity index is 2.56. The quantitative estimate of drug-likeness (QED) is 0.759. The highest BCUT2D eigenvalue weighted by molar-refractivity contribution is 4.91. The fourth-order valence-corrected chi connectivity index (χ4v) is 2.93. The van der Waals surface area contributed by atoms with Gasteiger partial charge in [-0.1, -0.05) is 27.2 Å². The van der Waals surface area contributed by atoms with Gasteiger partial charge in [0, 0.05) is 12.1 Å². The Morgan fingerprint density at radius 1 is 1.13 bits per heavy atom.